The zero-order valence-corrected chi connectivity index (χ0v) is 8.34. The molecule has 1 rings (SSSR count). The Bertz CT molecular complexity index is 326. The van der Waals surface area contributed by atoms with E-state index in [0.717, 1.165) is 0 Å². The van der Waals surface area contributed by atoms with Crippen molar-refractivity contribution >= 4 is 17.6 Å². The molecule has 1 aromatic heterocycles. The zero-order chi connectivity index (χ0) is 11.3. The molecule has 0 spiro atoms. The van der Waals surface area contributed by atoms with Crippen LogP contribution in [0.4, 0.5) is 16.3 Å². The Labute approximate surface area is 87.2 Å². The number of carboxylic acid groups (broad SMARTS) is 1. The molecule has 0 bridgehead atoms. The number of aromatic nitrogens is 1. The highest BCUT2D eigenvalue weighted by Gasteiger charge is 2.02. The molecule has 3 N–H and O–H groups in total. The van der Waals surface area contributed by atoms with Crippen molar-refractivity contribution in [2.45, 2.75) is 0 Å². The molecule has 0 atom stereocenters. The quantitative estimate of drug-likeness (QED) is 0.679. The first-order chi connectivity index (χ1) is 7.13. The molecule has 0 aliphatic rings. The standard InChI is InChI=1S/C9H13N3O3/c1-12(4-5-13)8-3-2-7(6-10-8)11-9(14)15/h2-3,6,11,13H,4-5H2,1H3,(H,14,15). The predicted molar refractivity (Wildman–Crippen MR) is 56.2 cm³/mol. The van der Waals surface area contributed by atoms with Gasteiger partial charge in [0.25, 0.3) is 0 Å². The lowest BCUT2D eigenvalue weighted by molar-refractivity contribution is 0.209. The van der Waals surface area contributed by atoms with Crippen molar-refractivity contribution in [1.29, 1.82) is 0 Å². The van der Waals surface area contributed by atoms with Crippen LogP contribution in [0.1, 0.15) is 0 Å². The van der Waals surface area contributed by atoms with Crippen LogP contribution in [0, 0.1) is 0 Å². The van der Waals surface area contributed by atoms with Gasteiger partial charge in [-0.05, 0) is 12.1 Å². The van der Waals surface area contributed by atoms with Gasteiger partial charge in [0.05, 0.1) is 18.5 Å². The smallest absolute Gasteiger partial charge is 0.409 e. The minimum absolute atomic E-state index is 0.0489. The summed E-state index contributed by atoms with van der Waals surface area (Å²) in [5.41, 5.74) is 0.420. The van der Waals surface area contributed by atoms with Gasteiger partial charge in [-0.3, -0.25) is 5.32 Å². The third-order valence-electron chi connectivity index (χ3n) is 1.83. The monoisotopic (exact) mass is 211 g/mol. The van der Waals surface area contributed by atoms with E-state index in [0.29, 0.717) is 18.1 Å². The molecule has 0 aromatic carbocycles. The molecule has 1 amide bonds. The van der Waals surface area contributed by atoms with Gasteiger partial charge in [0.2, 0.25) is 0 Å². The van der Waals surface area contributed by atoms with Gasteiger partial charge in [-0.15, -0.1) is 0 Å². The van der Waals surface area contributed by atoms with Crippen LogP contribution in [-0.4, -0.2) is 41.5 Å². The third kappa shape index (κ3) is 3.43. The highest BCUT2D eigenvalue weighted by Crippen LogP contribution is 2.12. The Morgan fingerprint density at radius 1 is 1.60 bits per heavy atom. The number of hydrogen-bond donors (Lipinski definition) is 3. The maximum Gasteiger partial charge on any atom is 0.409 e. The van der Waals surface area contributed by atoms with Gasteiger partial charge in [-0.25, -0.2) is 9.78 Å². The average Bonchev–Trinajstić information content (AvgIpc) is 2.18. The first kappa shape index (κ1) is 11.3. The average molecular weight is 211 g/mol. The van der Waals surface area contributed by atoms with Crippen molar-refractivity contribution in [2.75, 3.05) is 30.4 Å². The largest absolute Gasteiger partial charge is 0.465 e. The molecule has 0 saturated carbocycles. The van der Waals surface area contributed by atoms with Crippen molar-refractivity contribution in [3.05, 3.63) is 18.3 Å². The van der Waals surface area contributed by atoms with Crippen molar-refractivity contribution < 1.29 is 15.0 Å². The number of anilines is 2. The lowest BCUT2D eigenvalue weighted by Crippen LogP contribution is -2.22. The van der Waals surface area contributed by atoms with E-state index in [1.807, 2.05) is 0 Å². The molecule has 0 aliphatic heterocycles. The maximum absolute atomic E-state index is 10.3. The van der Waals surface area contributed by atoms with Gasteiger partial charge in [0.1, 0.15) is 5.82 Å². The first-order valence-corrected chi connectivity index (χ1v) is 4.41. The Morgan fingerprint density at radius 2 is 2.33 bits per heavy atom. The molecule has 6 heteroatoms. The summed E-state index contributed by atoms with van der Waals surface area (Å²) in [6, 6.07) is 3.30. The van der Waals surface area contributed by atoms with Gasteiger partial charge in [-0.2, -0.15) is 0 Å². The summed E-state index contributed by atoms with van der Waals surface area (Å²) in [5, 5.41) is 19.3. The predicted octanol–water partition coefficient (Wildman–Crippen LogP) is 0.600. The number of likely N-dealkylation sites (N-methyl/N-ethyl adjacent to an activating group) is 1. The van der Waals surface area contributed by atoms with Crippen LogP contribution in [0.15, 0.2) is 18.3 Å². The summed E-state index contributed by atoms with van der Waals surface area (Å²) in [5.74, 6) is 0.681. The van der Waals surface area contributed by atoms with Crippen LogP contribution in [0.2, 0.25) is 0 Å². The second-order valence-electron chi connectivity index (χ2n) is 2.98. The van der Waals surface area contributed by atoms with E-state index in [2.05, 4.69) is 10.3 Å². The van der Waals surface area contributed by atoms with Crippen molar-refractivity contribution in [1.82, 2.24) is 4.98 Å². The molecular formula is C9H13N3O3. The SMILES string of the molecule is CN(CCO)c1ccc(NC(=O)O)cn1. The number of rotatable bonds is 4. The van der Waals surface area contributed by atoms with Gasteiger partial charge in [0, 0.05) is 13.6 Å². The second-order valence-corrected chi connectivity index (χ2v) is 2.98. The molecular weight excluding hydrogens is 198 g/mol. The number of aliphatic hydroxyl groups excluding tert-OH is 1. The lowest BCUT2D eigenvalue weighted by Gasteiger charge is -2.16. The van der Waals surface area contributed by atoms with Crippen LogP contribution < -0.4 is 10.2 Å². The van der Waals surface area contributed by atoms with E-state index >= 15 is 0 Å². The number of hydrogen-bond acceptors (Lipinski definition) is 4. The number of amides is 1. The number of aliphatic hydroxyl groups is 1. The van der Waals surface area contributed by atoms with E-state index in [1.54, 1.807) is 24.1 Å². The lowest BCUT2D eigenvalue weighted by atomic mass is 10.4. The van der Waals surface area contributed by atoms with Gasteiger partial charge in [-0.1, -0.05) is 0 Å². The number of nitrogens with one attached hydrogen (secondary N) is 1. The summed E-state index contributed by atoms with van der Waals surface area (Å²) in [6.07, 6.45) is 0.311. The fourth-order valence-electron chi connectivity index (χ4n) is 1.07. The van der Waals surface area contributed by atoms with E-state index in [9.17, 15) is 4.79 Å². The Hall–Kier alpha value is -1.82. The molecule has 0 saturated heterocycles. The highest BCUT2D eigenvalue weighted by atomic mass is 16.4. The summed E-state index contributed by atoms with van der Waals surface area (Å²) < 4.78 is 0. The van der Waals surface area contributed by atoms with Crippen molar-refractivity contribution in [3.8, 4) is 0 Å². The minimum atomic E-state index is -1.12. The van der Waals surface area contributed by atoms with Crippen LogP contribution in [0.3, 0.4) is 0 Å². The van der Waals surface area contributed by atoms with E-state index in [-0.39, 0.29) is 6.61 Å². The summed E-state index contributed by atoms with van der Waals surface area (Å²) in [6.45, 7) is 0.534. The zero-order valence-electron chi connectivity index (χ0n) is 8.34. The van der Waals surface area contributed by atoms with Gasteiger partial charge in [0.15, 0.2) is 0 Å². The molecule has 1 aromatic rings. The molecule has 1 heterocycles. The second kappa shape index (κ2) is 5.16. The molecule has 0 unspecified atom stereocenters. The Balaban J connectivity index is 2.67. The van der Waals surface area contributed by atoms with Crippen LogP contribution in [0.25, 0.3) is 0 Å². The molecule has 0 radical (unpaired) electrons. The molecule has 6 nitrogen and oxygen atoms in total. The molecule has 0 aliphatic carbocycles. The van der Waals surface area contributed by atoms with Crippen LogP contribution in [-0.2, 0) is 0 Å². The molecule has 15 heavy (non-hydrogen) atoms. The number of pyridine rings is 1. The fraction of sp³-hybridized carbons (Fsp3) is 0.333. The normalized spacial score (nSPS) is 9.73. The van der Waals surface area contributed by atoms with Crippen molar-refractivity contribution in [3.63, 3.8) is 0 Å². The summed E-state index contributed by atoms with van der Waals surface area (Å²) in [4.78, 5) is 16.1. The third-order valence-corrected chi connectivity index (χ3v) is 1.83. The van der Waals surface area contributed by atoms with Crippen LogP contribution >= 0.6 is 0 Å². The summed E-state index contributed by atoms with van der Waals surface area (Å²) in [7, 11) is 1.79. The summed E-state index contributed by atoms with van der Waals surface area (Å²) >= 11 is 0. The first-order valence-electron chi connectivity index (χ1n) is 4.41. The number of nitrogens with zero attached hydrogens (tertiary/aromatic N) is 2. The number of carbonyl (C=O) groups is 1. The van der Waals surface area contributed by atoms with E-state index < -0.39 is 6.09 Å². The van der Waals surface area contributed by atoms with E-state index in [4.69, 9.17) is 10.2 Å². The fourth-order valence-corrected chi connectivity index (χ4v) is 1.07. The van der Waals surface area contributed by atoms with Crippen LogP contribution in [0.5, 0.6) is 0 Å². The topological polar surface area (TPSA) is 85.7 Å². The Morgan fingerprint density at radius 3 is 2.80 bits per heavy atom. The Kier molecular flexibility index (Phi) is 3.87. The highest BCUT2D eigenvalue weighted by molar-refractivity contribution is 5.82. The maximum atomic E-state index is 10.3. The van der Waals surface area contributed by atoms with Gasteiger partial charge < -0.3 is 15.1 Å². The molecule has 0 fully saturated rings. The van der Waals surface area contributed by atoms with Gasteiger partial charge >= 0.3 is 6.09 Å². The van der Waals surface area contributed by atoms with Crippen molar-refractivity contribution in [2.24, 2.45) is 0 Å². The van der Waals surface area contributed by atoms with E-state index in [1.165, 1.54) is 6.20 Å². The minimum Gasteiger partial charge on any atom is -0.465 e. The molecule has 82 valence electrons.